The molecule has 0 aromatic carbocycles. The summed E-state index contributed by atoms with van der Waals surface area (Å²) in [4.78, 5) is 0. The summed E-state index contributed by atoms with van der Waals surface area (Å²) in [6.07, 6.45) is 0.191. The van der Waals surface area contributed by atoms with Gasteiger partial charge in [-0.05, 0) is 0 Å². The lowest BCUT2D eigenvalue weighted by Crippen LogP contribution is -2.27. The second-order valence-electron chi connectivity index (χ2n) is 2.59. The van der Waals surface area contributed by atoms with Crippen LogP contribution < -0.4 is 0 Å². The van der Waals surface area contributed by atoms with Crippen LogP contribution >= 0.6 is 0 Å². The van der Waals surface area contributed by atoms with E-state index < -0.39 is 41.4 Å². The van der Waals surface area contributed by atoms with E-state index in [2.05, 4.69) is 3.63 Å². The zero-order valence-corrected chi connectivity index (χ0v) is 11.2. The van der Waals surface area contributed by atoms with Crippen LogP contribution in [-0.4, -0.2) is 47.1 Å². The first-order chi connectivity index (χ1) is 8.21. The lowest BCUT2D eigenvalue weighted by atomic mass is 11.6. The molecule has 0 unspecified atom stereocenters. The number of alkyl halides is 6. The van der Waals surface area contributed by atoms with Crippen molar-refractivity contribution in [2.24, 2.45) is 0 Å². The summed E-state index contributed by atoms with van der Waals surface area (Å²) in [5.41, 5.74) is -11.3. The van der Waals surface area contributed by atoms with Crippen molar-refractivity contribution in [1.29, 1.82) is 0 Å². The largest absolute Gasteiger partial charge is 0.524 e. The molecule has 0 heterocycles. The standard InChI is InChI=1S/C2H3F3O5S2.CHF3O3S.2CH4/c1-11(6,7)10-12(8,9)2(3,4)5;2-1(3,4)8(5,6)7;;/h1H3;(H,5,6,7);2*1H4. The highest BCUT2D eigenvalue weighted by atomic mass is 32.3. The lowest BCUT2D eigenvalue weighted by Gasteiger charge is -2.04. The maximum atomic E-state index is 11.4. The van der Waals surface area contributed by atoms with Gasteiger partial charge < -0.3 is 0 Å². The summed E-state index contributed by atoms with van der Waals surface area (Å²) in [5, 5.41) is 0. The first-order valence-electron chi connectivity index (χ1n) is 3.47. The molecule has 0 aromatic rings. The molecule has 17 heteroatoms. The molecule has 0 amide bonds. The fourth-order valence-corrected chi connectivity index (χ4v) is 1.81. The van der Waals surface area contributed by atoms with Crippen LogP contribution in [0.1, 0.15) is 14.9 Å². The highest BCUT2D eigenvalue weighted by molar-refractivity contribution is 7.99. The first-order valence-corrected chi connectivity index (χ1v) is 8.13. The molecule has 0 aliphatic carbocycles. The molecule has 0 aromatic heterocycles. The van der Waals surface area contributed by atoms with Gasteiger partial charge in [0.05, 0.1) is 6.26 Å². The Balaban J connectivity index is -0.000000144. The Morgan fingerprint density at radius 2 is 1.00 bits per heavy atom. The van der Waals surface area contributed by atoms with Crippen molar-refractivity contribution in [2.45, 2.75) is 25.9 Å². The van der Waals surface area contributed by atoms with Gasteiger partial charge in [-0.3, -0.25) is 4.55 Å². The maximum absolute atomic E-state index is 11.4. The Hall–Kier alpha value is -0.650. The van der Waals surface area contributed by atoms with Gasteiger partial charge in [0.1, 0.15) is 0 Å². The number of hydrogen-bond donors (Lipinski definition) is 1. The van der Waals surface area contributed by atoms with Crippen molar-refractivity contribution in [2.75, 3.05) is 6.26 Å². The second-order valence-corrected chi connectivity index (χ2v) is 7.33. The monoisotopic (exact) mass is 410 g/mol. The fourth-order valence-electron chi connectivity index (χ4n) is 0.201. The summed E-state index contributed by atoms with van der Waals surface area (Å²) in [7, 11) is -16.6. The highest BCUT2D eigenvalue weighted by Crippen LogP contribution is 2.25. The molecule has 0 fully saturated rings. The predicted molar refractivity (Wildman–Crippen MR) is 62.0 cm³/mol. The highest BCUT2D eigenvalue weighted by Gasteiger charge is 2.49. The third-order valence-corrected chi connectivity index (χ3v) is 3.65. The van der Waals surface area contributed by atoms with Gasteiger partial charge in [-0.2, -0.15) is 51.6 Å². The second kappa shape index (κ2) is 8.27. The van der Waals surface area contributed by atoms with Crippen molar-refractivity contribution in [3.05, 3.63) is 0 Å². The molecule has 0 atom stereocenters. The molecule has 0 saturated heterocycles. The van der Waals surface area contributed by atoms with E-state index in [1.807, 2.05) is 0 Å². The third kappa shape index (κ3) is 12.0. The molecule has 8 nitrogen and oxygen atoms in total. The summed E-state index contributed by atoms with van der Waals surface area (Å²) in [6, 6.07) is 0. The average molecular weight is 410 g/mol. The van der Waals surface area contributed by atoms with Crippen LogP contribution in [0.3, 0.4) is 0 Å². The quantitative estimate of drug-likeness (QED) is 0.411. The summed E-state index contributed by atoms with van der Waals surface area (Å²) >= 11 is 0. The number of hydrogen-bond acceptors (Lipinski definition) is 7. The van der Waals surface area contributed by atoms with Crippen molar-refractivity contribution in [1.82, 2.24) is 0 Å². The van der Waals surface area contributed by atoms with Gasteiger partial charge in [-0.15, -0.1) is 3.63 Å². The fraction of sp³-hybridized carbons (Fsp3) is 1.00. The van der Waals surface area contributed by atoms with Crippen LogP contribution in [0.15, 0.2) is 0 Å². The molecule has 0 spiro atoms. The first kappa shape index (κ1) is 29.4. The van der Waals surface area contributed by atoms with Gasteiger partial charge in [-0.25, -0.2) is 0 Å². The van der Waals surface area contributed by atoms with Crippen molar-refractivity contribution in [3.8, 4) is 0 Å². The van der Waals surface area contributed by atoms with Crippen molar-refractivity contribution in [3.63, 3.8) is 0 Å². The van der Waals surface area contributed by atoms with E-state index in [9.17, 15) is 43.2 Å². The van der Waals surface area contributed by atoms with Gasteiger partial charge in [0, 0.05) is 0 Å². The molecule has 1 N–H and O–H groups in total. The Morgan fingerprint density at radius 1 is 0.773 bits per heavy atom. The molecular formula is C5H12F6O8S3. The van der Waals surface area contributed by atoms with Crippen LogP contribution in [0.2, 0.25) is 0 Å². The van der Waals surface area contributed by atoms with Crippen molar-refractivity contribution < 1.29 is 59.8 Å². The van der Waals surface area contributed by atoms with Gasteiger partial charge in [-0.1, -0.05) is 14.9 Å². The minimum absolute atomic E-state index is 0. The Labute approximate surface area is 123 Å². The Bertz CT molecular complexity index is 625. The predicted octanol–water partition coefficient (Wildman–Crippen LogP) is 1.48. The summed E-state index contributed by atoms with van der Waals surface area (Å²) in [5.74, 6) is 0. The van der Waals surface area contributed by atoms with E-state index in [4.69, 9.17) is 13.0 Å². The molecule has 0 saturated carbocycles. The minimum Gasteiger partial charge on any atom is -0.279 e. The van der Waals surface area contributed by atoms with E-state index in [1.54, 1.807) is 0 Å². The third-order valence-electron chi connectivity index (χ3n) is 0.789. The molecule has 0 bridgehead atoms. The van der Waals surface area contributed by atoms with E-state index in [0.717, 1.165) is 0 Å². The zero-order valence-electron chi connectivity index (χ0n) is 8.80. The van der Waals surface area contributed by atoms with Crippen molar-refractivity contribution >= 4 is 30.4 Å². The Morgan fingerprint density at radius 3 is 1.05 bits per heavy atom. The van der Waals surface area contributed by atoms with Crippen LogP contribution in [0, 0.1) is 0 Å². The van der Waals surface area contributed by atoms with E-state index >= 15 is 0 Å². The molecule has 0 aliphatic heterocycles. The van der Waals surface area contributed by atoms with Crippen LogP contribution in [-0.2, 0) is 34.0 Å². The van der Waals surface area contributed by atoms with Gasteiger partial charge in [0.25, 0.3) is 10.1 Å². The maximum Gasteiger partial charge on any atom is 0.524 e. The van der Waals surface area contributed by atoms with Gasteiger partial charge >= 0.3 is 31.3 Å². The molecule has 0 aliphatic rings. The molecule has 140 valence electrons. The van der Waals surface area contributed by atoms with Crippen LogP contribution in [0.5, 0.6) is 0 Å². The molecule has 0 radical (unpaired) electrons. The SMILES string of the molecule is C.C.CS(=O)(=O)OS(=O)(=O)C(F)(F)F.O=S(=O)(O)C(F)(F)F. The number of halogens is 6. The smallest absolute Gasteiger partial charge is 0.279 e. The Kier molecular flexibility index (Phi) is 11.0. The lowest BCUT2D eigenvalue weighted by molar-refractivity contribution is -0.0511. The zero-order chi connectivity index (χ0) is 17.2. The van der Waals surface area contributed by atoms with E-state index in [1.165, 1.54) is 0 Å². The number of rotatable bonds is 2. The summed E-state index contributed by atoms with van der Waals surface area (Å²) < 4.78 is 134. The van der Waals surface area contributed by atoms with E-state index in [-0.39, 0.29) is 21.1 Å². The van der Waals surface area contributed by atoms with Crippen LogP contribution in [0.4, 0.5) is 26.3 Å². The van der Waals surface area contributed by atoms with Gasteiger partial charge in [0.15, 0.2) is 0 Å². The van der Waals surface area contributed by atoms with E-state index in [0.29, 0.717) is 0 Å². The van der Waals surface area contributed by atoms with Crippen LogP contribution in [0.25, 0.3) is 0 Å². The summed E-state index contributed by atoms with van der Waals surface area (Å²) in [6.45, 7) is 0. The normalized spacial score (nSPS) is 13.1. The molecule has 22 heavy (non-hydrogen) atoms. The molecular weight excluding hydrogens is 398 g/mol. The average Bonchev–Trinajstić information content (AvgIpc) is 1.92. The minimum atomic E-state index is -6.04. The topological polar surface area (TPSA) is 132 Å². The van der Waals surface area contributed by atoms with Gasteiger partial charge in [0.2, 0.25) is 0 Å². The molecule has 0 rings (SSSR count).